The van der Waals surface area contributed by atoms with Gasteiger partial charge in [0.25, 0.3) is 0 Å². The third-order valence-electron chi connectivity index (χ3n) is 3.07. The van der Waals surface area contributed by atoms with Crippen LogP contribution in [0.3, 0.4) is 0 Å². The predicted molar refractivity (Wildman–Crippen MR) is 78.0 cm³/mol. The van der Waals surface area contributed by atoms with E-state index in [1.54, 1.807) is 11.3 Å². The van der Waals surface area contributed by atoms with E-state index in [2.05, 4.69) is 4.98 Å². The van der Waals surface area contributed by atoms with Gasteiger partial charge in [0.05, 0.1) is 15.7 Å². The Morgan fingerprint density at radius 3 is 2.63 bits per heavy atom. The summed E-state index contributed by atoms with van der Waals surface area (Å²) < 4.78 is 15.5. The topological polar surface area (TPSA) is 17.3 Å². The normalized spacial score (nSPS) is 11.4. The lowest BCUT2D eigenvalue weighted by atomic mass is 10.1. The number of nitrogens with zero attached hydrogens (tertiary/aromatic N) is 2. The largest absolute Gasteiger partial charge is 0.294 e. The van der Waals surface area contributed by atoms with E-state index in [1.165, 1.54) is 17.0 Å². The smallest absolute Gasteiger partial charge is 0.194 e. The van der Waals surface area contributed by atoms with Crippen LogP contribution in [-0.4, -0.2) is 9.38 Å². The average Bonchev–Trinajstić information content (AvgIpc) is 2.86. The number of imidazole rings is 1. The van der Waals surface area contributed by atoms with Crippen molar-refractivity contribution in [3.8, 4) is 11.3 Å². The Hall–Kier alpha value is -1.10. The molecule has 0 aliphatic heterocycles. The number of hydrogen-bond acceptors (Lipinski definition) is 2. The molecule has 19 heavy (non-hydrogen) atoms. The molecule has 6 heteroatoms. The van der Waals surface area contributed by atoms with Gasteiger partial charge in [0.1, 0.15) is 5.82 Å². The van der Waals surface area contributed by atoms with Crippen molar-refractivity contribution in [2.45, 2.75) is 13.8 Å². The third-order valence-corrected chi connectivity index (χ3v) is 4.75. The maximum atomic E-state index is 13.5. The van der Waals surface area contributed by atoms with Crippen LogP contribution in [0.15, 0.2) is 18.3 Å². The first kappa shape index (κ1) is 12.9. The number of aromatic nitrogens is 2. The van der Waals surface area contributed by atoms with Gasteiger partial charge in [0, 0.05) is 22.3 Å². The van der Waals surface area contributed by atoms with Crippen molar-refractivity contribution in [2.75, 3.05) is 0 Å². The van der Waals surface area contributed by atoms with Crippen molar-refractivity contribution in [3.05, 3.63) is 44.8 Å². The van der Waals surface area contributed by atoms with Gasteiger partial charge in [0.2, 0.25) is 0 Å². The second-order valence-electron chi connectivity index (χ2n) is 4.27. The minimum absolute atomic E-state index is 0.0156. The highest BCUT2D eigenvalue weighted by Gasteiger charge is 2.14. The van der Waals surface area contributed by atoms with E-state index >= 15 is 0 Å². The molecule has 0 bridgehead atoms. The van der Waals surface area contributed by atoms with Gasteiger partial charge < -0.3 is 0 Å². The van der Waals surface area contributed by atoms with Crippen LogP contribution in [0.1, 0.15) is 10.6 Å². The summed E-state index contributed by atoms with van der Waals surface area (Å²) in [5, 5.41) is 0.410. The Labute approximate surface area is 123 Å². The lowest BCUT2D eigenvalue weighted by Gasteiger charge is -2.02. The molecule has 3 aromatic rings. The zero-order chi connectivity index (χ0) is 13.7. The first-order valence-corrected chi connectivity index (χ1v) is 7.14. The van der Waals surface area contributed by atoms with Gasteiger partial charge in [-0.15, -0.1) is 11.3 Å². The SMILES string of the molecule is Cc1sc2nc(-c3cc(F)c(Cl)cc3Cl)cn2c1C. The lowest BCUT2D eigenvalue weighted by molar-refractivity contribution is 0.629. The second kappa shape index (κ2) is 4.47. The van der Waals surface area contributed by atoms with Gasteiger partial charge in [-0.1, -0.05) is 23.2 Å². The molecule has 2 nitrogen and oxygen atoms in total. The van der Waals surface area contributed by atoms with E-state index in [0.29, 0.717) is 16.3 Å². The van der Waals surface area contributed by atoms with E-state index in [0.717, 1.165) is 10.7 Å². The Balaban J connectivity index is 2.22. The summed E-state index contributed by atoms with van der Waals surface area (Å²) in [6.07, 6.45) is 1.86. The van der Waals surface area contributed by atoms with E-state index in [4.69, 9.17) is 23.2 Å². The van der Waals surface area contributed by atoms with E-state index in [-0.39, 0.29) is 5.02 Å². The van der Waals surface area contributed by atoms with Crippen molar-refractivity contribution < 1.29 is 4.39 Å². The second-order valence-corrected chi connectivity index (χ2v) is 6.26. The van der Waals surface area contributed by atoms with E-state index in [9.17, 15) is 4.39 Å². The summed E-state index contributed by atoms with van der Waals surface area (Å²) in [6.45, 7) is 4.07. The van der Waals surface area contributed by atoms with E-state index < -0.39 is 5.82 Å². The van der Waals surface area contributed by atoms with Gasteiger partial charge >= 0.3 is 0 Å². The predicted octanol–water partition coefficient (Wildman–Crippen LogP) is 5.13. The minimum Gasteiger partial charge on any atom is -0.294 e. The number of hydrogen-bond donors (Lipinski definition) is 0. The average molecular weight is 315 g/mol. The van der Waals surface area contributed by atoms with Crippen LogP contribution in [0.2, 0.25) is 10.0 Å². The van der Waals surface area contributed by atoms with Gasteiger partial charge in [-0.2, -0.15) is 0 Å². The fourth-order valence-corrected chi connectivity index (χ4v) is 3.34. The molecule has 3 rings (SSSR count). The number of benzene rings is 1. The van der Waals surface area contributed by atoms with Crippen LogP contribution >= 0.6 is 34.5 Å². The molecular formula is C13H9Cl2FN2S. The molecule has 0 aliphatic carbocycles. The third kappa shape index (κ3) is 2.04. The Morgan fingerprint density at radius 2 is 1.95 bits per heavy atom. The van der Waals surface area contributed by atoms with Crippen LogP contribution in [-0.2, 0) is 0 Å². The number of thiazole rings is 1. The summed E-state index contributed by atoms with van der Waals surface area (Å²) in [6, 6.07) is 2.72. The molecule has 0 radical (unpaired) electrons. The number of halogens is 3. The number of aryl methyl sites for hydroxylation is 2. The van der Waals surface area contributed by atoms with Crippen molar-refractivity contribution in [3.63, 3.8) is 0 Å². The van der Waals surface area contributed by atoms with Gasteiger partial charge in [-0.25, -0.2) is 9.37 Å². The van der Waals surface area contributed by atoms with Crippen molar-refractivity contribution in [1.82, 2.24) is 9.38 Å². The highest BCUT2D eigenvalue weighted by molar-refractivity contribution is 7.17. The van der Waals surface area contributed by atoms with Crippen LogP contribution in [0.4, 0.5) is 4.39 Å². The van der Waals surface area contributed by atoms with Crippen molar-refractivity contribution in [1.29, 1.82) is 0 Å². The highest BCUT2D eigenvalue weighted by Crippen LogP contribution is 2.33. The van der Waals surface area contributed by atoms with Crippen LogP contribution in [0.25, 0.3) is 16.2 Å². The quantitative estimate of drug-likeness (QED) is 0.569. The van der Waals surface area contributed by atoms with E-state index in [1.807, 2.05) is 24.4 Å². The molecule has 0 unspecified atom stereocenters. The Morgan fingerprint density at radius 1 is 1.21 bits per heavy atom. The van der Waals surface area contributed by atoms with Gasteiger partial charge in [-0.3, -0.25) is 4.40 Å². The molecule has 0 N–H and O–H groups in total. The molecule has 0 spiro atoms. The van der Waals surface area contributed by atoms with Crippen LogP contribution in [0.5, 0.6) is 0 Å². The molecule has 1 aromatic carbocycles. The summed E-state index contributed by atoms with van der Waals surface area (Å²) in [5.74, 6) is -0.495. The lowest BCUT2D eigenvalue weighted by Crippen LogP contribution is -1.85. The van der Waals surface area contributed by atoms with Gasteiger partial charge in [0.15, 0.2) is 4.96 Å². The molecule has 98 valence electrons. The van der Waals surface area contributed by atoms with Crippen molar-refractivity contribution >= 4 is 39.5 Å². The molecule has 0 aliphatic rings. The fourth-order valence-electron chi connectivity index (χ4n) is 1.90. The molecule has 0 amide bonds. The Bertz CT molecular complexity index is 792. The molecular weight excluding hydrogens is 306 g/mol. The number of fused-ring (bicyclic) bond motifs is 1. The Kier molecular flexibility index (Phi) is 3.04. The monoisotopic (exact) mass is 314 g/mol. The van der Waals surface area contributed by atoms with Crippen molar-refractivity contribution in [2.24, 2.45) is 0 Å². The summed E-state index contributed by atoms with van der Waals surface area (Å²) in [7, 11) is 0. The van der Waals surface area contributed by atoms with Crippen LogP contribution < -0.4 is 0 Å². The first-order chi connectivity index (χ1) is 8.97. The fraction of sp³-hybridized carbons (Fsp3) is 0.154. The molecule has 2 aromatic heterocycles. The molecule has 0 fully saturated rings. The molecule has 0 atom stereocenters. The summed E-state index contributed by atoms with van der Waals surface area (Å²) in [5.41, 5.74) is 2.33. The highest BCUT2D eigenvalue weighted by atomic mass is 35.5. The zero-order valence-electron chi connectivity index (χ0n) is 10.2. The minimum atomic E-state index is -0.495. The first-order valence-electron chi connectivity index (χ1n) is 5.57. The van der Waals surface area contributed by atoms with Gasteiger partial charge in [-0.05, 0) is 26.0 Å². The maximum Gasteiger partial charge on any atom is 0.194 e. The molecule has 0 saturated carbocycles. The summed E-state index contributed by atoms with van der Waals surface area (Å²) in [4.78, 5) is 6.57. The molecule has 0 saturated heterocycles. The summed E-state index contributed by atoms with van der Waals surface area (Å²) >= 11 is 13.4. The maximum absolute atomic E-state index is 13.5. The van der Waals surface area contributed by atoms with Crippen LogP contribution in [0, 0.1) is 19.7 Å². The standard InChI is InChI=1S/C13H9Cl2FN2S/c1-6-7(2)19-13-17-12(5-18(6)13)8-3-11(16)10(15)4-9(8)14/h3-5H,1-2H3. The zero-order valence-corrected chi connectivity index (χ0v) is 12.5. The molecule has 2 heterocycles. The number of rotatable bonds is 1.